The molecule has 2 amide bonds. The number of carbonyl (C=O) groups excluding carboxylic acids is 2. The highest BCUT2D eigenvalue weighted by molar-refractivity contribution is 5.99. The molecule has 35 heavy (non-hydrogen) atoms. The molecule has 1 N–H and O–H groups in total. The van der Waals surface area contributed by atoms with Crippen molar-refractivity contribution < 1.29 is 23.8 Å². The zero-order valence-electron chi connectivity index (χ0n) is 21.5. The molecule has 8 heteroatoms. The molecule has 8 nitrogen and oxygen atoms in total. The third kappa shape index (κ3) is 6.96. The van der Waals surface area contributed by atoms with Crippen molar-refractivity contribution >= 4 is 17.5 Å². The van der Waals surface area contributed by atoms with Gasteiger partial charge < -0.3 is 24.4 Å². The van der Waals surface area contributed by atoms with Gasteiger partial charge in [-0.25, -0.2) is 0 Å². The van der Waals surface area contributed by atoms with Crippen molar-refractivity contribution in [3.8, 4) is 11.5 Å². The first-order valence-electron chi connectivity index (χ1n) is 11.9. The van der Waals surface area contributed by atoms with E-state index in [0.717, 1.165) is 18.8 Å². The van der Waals surface area contributed by atoms with Gasteiger partial charge >= 0.3 is 0 Å². The van der Waals surface area contributed by atoms with Gasteiger partial charge in [-0.05, 0) is 48.7 Å². The molecule has 0 unspecified atom stereocenters. The third-order valence-electron chi connectivity index (χ3n) is 6.44. The minimum Gasteiger partial charge on any atom is -0.497 e. The lowest BCUT2D eigenvalue weighted by Crippen LogP contribution is -2.46. The van der Waals surface area contributed by atoms with Crippen LogP contribution in [-0.2, 0) is 16.1 Å². The van der Waals surface area contributed by atoms with E-state index in [1.165, 1.54) is 12.5 Å². The average Bonchev–Trinajstić information content (AvgIpc) is 2.84. The Labute approximate surface area is 208 Å². The maximum absolute atomic E-state index is 13.4. The molecule has 3 rings (SSSR count). The minimum atomic E-state index is -0.198. The van der Waals surface area contributed by atoms with E-state index >= 15 is 0 Å². The van der Waals surface area contributed by atoms with Crippen LogP contribution in [0.4, 0.5) is 5.69 Å². The Morgan fingerprint density at radius 3 is 2.46 bits per heavy atom. The lowest BCUT2D eigenvalue weighted by molar-refractivity contribution is -0.114. The largest absolute Gasteiger partial charge is 0.497 e. The molecule has 0 saturated heterocycles. The van der Waals surface area contributed by atoms with Gasteiger partial charge in [-0.1, -0.05) is 19.1 Å². The summed E-state index contributed by atoms with van der Waals surface area (Å²) in [6.07, 6.45) is -0.142. The number of anilines is 1. The van der Waals surface area contributed by atoms with Crippen LogP contribution in [0, 0.1) is 5.92 Å². The highest BCUT2D eigenvalue weighted by Crippen LogP contribution is 2.27. The number of hydrogen-bond acceptors (Lipinski definition) is 6. The fourth-order valence-corrected chi connectivity index (χ4v) is 4.32. The zero-order valence-corrected chi connectivity index (χ0v) is 21.5. The maximum Gasteiger partial charge on any atom is 0.257 e. The van der Waals surface area contributed by atoms with Crippen LogP contribution >= 0.6 is 0 Å². The van der Waals surface area contributed by atoms with E-state index in [9.17, 15) is 9.59 Å². The van der Waals surface area contributed by atoms with Crippen molar-refractivity contribution in [1.29, 1.82) is 0 Å². The second-order valence-electron chi connectivity index (χ2n) is 9.27. The number of carbonyl (C=O) groups is 2. The zero-order chi connectivity index (χ0) is 25.5. The highest BCUT2D eigenvalue weighted by Gasteiger charge is 2.28. The van der Waals surface area contributed by atoms with Gasteiger partial charge in [0, 0.05) is 52.4 Å². The number of rotatable bonds is 5. The first kappa shape index (κ1) is 26.5. The number of ether oxygens (including phenoxy) is 3. The van der Waals surface area contributed by atoms with Crippen LogP contribution in [-0.4, -0.2) is 74.7 Å². The van der Waals surface area contributed by atoms with Crippen LogP contribution in [0.15, 0.2) is 42.5 Å². The molecule has 2 aromatic rings. The Balaban J connectivity index is 1.92. The van der Waals surface area contributed by atoms with Gasteiger partial charge in [0.1, 0.15) is 18.1 Å². The molecule has 0 bridgehead atoms. The molecular formula is C27H37N3O5. The molecule has 2 aromatic carbocycles. The van der Waals surface area contributed by atoms with E-state index in [2.05, 4.69) is 36.2 Å². The summed E-state index contributed by atoms with van der Waals surface area (Å²) in [5.41, 5.74) is 2.15. The van der Waals surface area contributed by atoms with Crippen molar-refractivity contribution in [3.05, 3.63) is 53.6 Å². The summed E-state index contributed by atoms with van der Waals surface area (Å²) in [7, 11) is 5.12. The Kier molecular flexibility index (Phi) is 9.12. The number of nitrogens with zero attached hydrogens (tertiary/aromatic N) is 2. The van der Waals surface area contributed by atoms with E-state index in [4.69, 9.17) is 14.2 Å². The van der Waals surface area contributed by atoms with Gasteiger partial charge in [0.2, 0.25) is 5.91 Å². The number of fused-ring (bicyclic) bond motifs is 1. The van der Waals surface area contributed by atoms with Gasteiger partial charge in [-0.3, -0.25) is 14.5 Å². The number of methoxy groups -OCH3 is 2. The third-order valence-corrected chi connectivity index (χ3v) is 6.44. The number of amides is 2. The summed E-state index contributed by atoms with van der Waals surface area (Å²) in [5, 5.41) is 2.75. The van der Waals surface area contributed by atoms with E-state index in [-0.39, 0.29) is 29.9 Å². The SMILES string of the molecule is COc1ccc(CN2C[C@@H](C)[C@@H](OC)CN(C)C(=O)c3cc(NC(C)=O)ccc3OC[C@H]2C)cc1. The van der Waals surface area contributed by atoms with Gasteiger partial charge in [-0.15, -0.1) is 0 Å². The van der Waals surface area contributed by atoms with E-state index in [1.807, 2.05) is 12.1 Å². The lowest BCUT2D eigenvalue weighted by Gasteiger charge is -2.36. The van der Waals surface area contributed by atoms with Crippen LogP contribution in [0.1, 0.15) is 36.7 Å². The van der Waals surface area contributed by atoms with E-state index < -0.39 is 0 Å². The molecule has 0 aromatic heterocycles. The van der Waals surface area contributed by atoms with Crippen LogP contribution in [0.3, 0.4) is 0 Å². The molecule has 0 spiro atoms. The number of benzene rings is 2. The Morgan fingerprint density at radius 2 is 1.83 bits per heavy atom. The molecular weight excluding hydrogens is 446 g/mol. The van der Waals surface area contributed by atoms with Gasteiger partial charge in [0.25, 0.3) is 5.91 Å². The Bertz CT molecular complexity index is 1010. The molecule has 3 atom stereocenters. The Hall–Kier alpha value is -3.10. The summed E-state index contributed by atoms with van der Waals surface area (Å²) >= 11 is 0. The van der Waals surface area contributed by atoms with Gasteiger partial charge in [-0.2, -0.15) is 0 Å². The number of nitrogens with one attached hydrogen (secondary N) is 1. The molecule has 1 heterocycles. The predicted molar refractivity (Wildman–Crippen MR) is 136 cm³/mol. The predicted octanol–water partition coefficient (Wildman–Crippen LogP) is 3.66. The average molecular weight is 484 g/mol. The summed E-state index contributed by atoms with van der Waals surface area (Å²) < 4.78 is 17.3. The molecule has 0 fully saturated rings. The van der Waals surface area contributed by atoms with Crippen molar-refractivity contribution in [2.45, 2.75) is 39.5 Å². The first-order valence-corrected chi connectivity index (χ1v) is 11.9. The first-order chi connectivity index (χ1) is 16.7. The molecule has 0 saturated carbocycles. The quantitative estimate of drug-likeness (QED) is 0.699. The van der Waals surface area contributed by atoms with Crippen molar-refractivity contribution in [2.75, 3.05) is 46.3 Å². The van der Waals surface area contributed by atoms with Crippen molar-refractivity contribution in [1.82, 2.24) is 9.80 Å². The van der Waals surface area contributed by atoms with Crippen LogP contribution in [0.2, 0.25) is 0 Å². The number of hydrogen-bond donors (Lipinski definition) is 1. The van der Waals surface area contributed by atoms with Gasteiger partial charge in [0.05, 0.1) is 18.8 Å². The molecule has 190 valence electrons. The molecule has 1 aliphatic heterocycles. The van der Waals surface area contributed by atoms with E-state index in [1.54, 1.807) is 44.4 Å². The summed E-state index contributed by atoms with van der Waals surface area (Å²) in [5.74, 6) is 1.12. The molecule has 0 radical (unpaired) electrons. The fraction of sp³-hybridized carbons (Fsp3) is 0.481. The number of likely N-dealkylation sites (N-methyl/N-ethyl adjacent to an activating group) is 1. The normalized spacial score (nSPS) is 21.8. The fourth-order valence-electron chi connectivity index (χ4n) is 4.32. The summed E-state index contributed by atoms with van der Waals surface area (Å²) in [4.78, 5) is 28.9. The smallest absolute Gasteiger partial charge is 0.257 e. The molecule has 0 aliphatic carbocycles. The van der Waals surface area contributed by atoms with Crippen LogP contribution in [0.25, 0.3) is 0 Å². The maximum atomic E-state index is 13.4. The second-order valence-corrected chi connectivity index (χ2v) is 9.27. The lowest BCUT2D eigenvalue weighted by atomic mass is 10.0. The summed E-state index contributed by atoms with van der Waals surface area (Å²) in [6.45, 7) is 8.09. The standard InChI is InChI=1S/C27H37N3O5/c1-18-14-30(15-21-7-10-23(33-5)11-8-21)19(2)17-35-25-12-9-22(28-20(3)31)13-24(25)27(32)29(4)16-26(18)34-6/h7-13,18-19,26H,14-17H2,1-6H3,(H,28,31)/t18-,19-,26+/m1/s1. The van der Waals surface area contributed by atoms with Crippen molar-refractivity contribution in [2.24, 2.45) is 5.92 Å². The highest BCUT2D eigenvalue weighted by atomic mass is 16.5. The van der Waals surface area contributed by atoms with Crippen LogP contribution in [0.5, 0.6) is 11.5 Å². The van der Waals surface area contributed by atoms with Crippen LogP contribution < -0.4 is 14.8 Å². The summed E-state index contributed by atoms with van der Waals surface area (Å²) in [6, 6.07) is 13.3. The van der Waals surface area contributed by atoms with Gasteiger partial charge in [0.15, 0.2) is 0 Å². The van der Waals surface area contributed by atoms with Crippen molar-refractivity contribution in [3.63, 3.8) is 0 Å². The second kappa shape index (κ2) is 12.0. The topological polar surface area (TPSA) is 80.3 Å². The molecule has 1 aliphatic rings. The Morgan fingerprint density at radius 1 is 1.11 bits per heavy atom. The monoisotopic (exact) mass is 483 g/mol. The minimum absolute atomic E-state index is 0.0761. The van der Waals surface area contributed by atoms with E-state index in [0.29, 0.717) is 30.2 Å².